The lowest BCUT2D eigenvalue weighted by Gasteiger charge is -2.25. The summed E-state index contributed by atoms with van der Waals surface area (Å²) in [7, 11) is -1.92. The largest absolute Gasteiger partial charge is 0.695 e. The number of carbonyl (C=O) groups is 3. The summed E-state index contributed by atoms with van der Waals surface area (Å²) in [5.74, 6) is -2.74. The highest BCUT2D eigenvalue weighted by Crippen LogP contribution is 2.37. The van der Waals surface area contributed by atoms with Crippen molar-refractivity contribution in [2.75, 3.05) is 31.3 Å². The van der Waals surface area contributed by atoms with Crippen LogP contribution in [-0.4, -0.2) is 107 Å². The van der Waals surface area contributed by atoms with Crippen molar-refractivity contribution in [3.63, 3.8) is 0 Å². The third-order valence-corrected chi connectivity index (χ3v) is 12.1. The molecule has 0 saturated carbocycles. The van der Waals surface area contributed by atoms with E-state index >= 15 is 0 Å². The third-order valence-electron chi connectivity index (χ3n) is 11.6. The number of aromatic amines is 2. The highest BCUT2D eigenvalue weighted by molar-refractivity contribution is 7.32. The van der Waals surface area contributed by atoms with Crippen LogP contribution in [0.1, 0.15) is 132 Å². The summed E-state index contributed by atoms with van der Waals surface area (Å²) in [6.45, 7) is 2.08. The Morgan fingerprint density at radius 1 is 0.928 bits per heavy atom. The summed E-state index contributed by atoms with van der Waals surface area (Å²) in [5, 5.41) is 16.8. The molecule has 0 spiro atoms. The van der Waals surface area contributed by atoms with E-state index in [4.69, 9.17) is 24.6 Å². The van der Waals surface area contributed by atoms with E-state index in [1.165, 1.54) is 83.0 Å². The molecule has 23 nitrogen and oxygen atoms in total. The normalized spacial score (nSPS) is 17.4. The Morgan fingerprint density at radius 2 is 1.58 bits per heavy atom. The SMILES string of the molecule is CCCCCCCCCCCCCCCCN(OC[C@H]1O[C@@H](n2ccc(=O)[nH]c2=O)[C@@H](OC)C1O[P+](=O)O)C(=O)CC[C@H](NC(=O)c1ccc(NCc2cnc3nc(N)[nH]c(=O)c3n2)cc1)C(=O)O. The summed E-state index contributed by atoms with van der Waals surface area (Å²) in [4.78, 5) is 109. The molecule has 1 aromatic carbocycles. The van der Waals surface area contributed by atoms with E-state index in [2.05, 4.69) is 42.5 Å². The average molecular weight is 984 g/mol. The first-order valence-corrected chi connectivity index (χ1v) is 24.6. The van der Waals surface area contributed by atoms with Gasteiger partial charge in [-0.1, -0.05) is 90.4 Å². The number of fused-ring (bicyclic) bond motifs is 1. The van der Waals surface area contributed by atoms with E-state index < -0.39 is 80.0 Å². The second-order valence-electron chi connectivity index (χ2n) is 16.8. The van der Waals surface area contributed by atoms with E-state index in [1.807, 2.05) is 0 Å². The van der Waals surface area contributed by atoms with Crippen molar-refractivity contribution < 1.29 is 47.8 Å². The topological polar surface area (TPSA) is 325 Å². The molecule has 6 atom stereocenters. The number of methoxy groups -OCH3 is 1. The molecule has 8 N–H and O–H groups in total. The molecule has 1 aliphatic heterocycles. The van der Waals surface area contributed by atoms with Crippen LogP contribution in [0.4, 0.5) is 11.6 Å². The van der Waals surface area contributed by atoms with Gasteiger partial charge in [0.05, 0.1) is 18.4 Å². The highest BCUT2D eigenvalue weighted by Gasteiger charge is 2.52. The van der Waals surface area contributed by atoms with Crippen LogP contribution in [0.25, 0.3) is 11.2 Å². The Bertz CT molecular complexity index is 2490. The summed E-state index contributed by atoms with van der Waals surface area (Å²) in [5.41, 5.74) is 4.84. The average Bonchev–Trinajstić information content (AvgIpc) is 3.65. The minimum absolute atomic E-state index is 0.0237. The van der Waals surface area contributed by atoms with Gasteiger partial charge >= 0.3 is 19.9 Å². The number of hydroxylamine groups is 2. The number of hydrogen-bond acceptors (Lipinski definition) is 16. The number of ether oxygens (including phenoxy) is 2. The number of amides is 2. The molecule has 0 aliphatic carbocycles. The molecule has 69 heavy (non-hydrogen) atoms. The number of aliphatic carboxylic acids is 1. The number of aromatic nitrogens is 6. The predicted octanol–water partition coefficient (Wildman–Crippen LogP) is 4.61. The van der Waals surface area contributed by atoms with Gasteiger partial charge in [0.25, 0.3) is 17.0 Å². The number of benzene rings is 1. The fourth-order valence-corrected chi connectivity index (χ4v) is 8.39. The second-order valence-corrected chi connectivity index (χ2v) is 17.5. The van der Waals surface area contributed by atoms with E-state index in [1.54, 1.807) is 12.1 Å². The zero-order valence-corrected chi connectivity index (χ0v) is 39.9. The first kappa shape index (κ1) is 54.0. The van der Waals surface area contributed by atoms with Gasteiger partial charge in [0.15, 0.2) is 23.5 Å². The number of carbonyl (C=O) groups excluding carboxylic acids is 2. The number of carboxylic acids is 1. The van der Waals surface area contributed by atoms with Crippen molar-refractivity contribution in [3.05, 3.63) is 85.2 Å². The Morgan fingerprint density at radius 3 is 2.19 bits per heavy atom. The van der Waals surface area contributed by atoms with Gasteiger partial charge in [-0.3, -0.25) is 38.6 Å². The lowest BCUT2D eigenvalue weighted by atomic mass is 10.0. The van der Waals surface area contributed by atoms with E-state index in [9.17, 15) is 43.3 Å². The zero-order valence-electron chi connectivity index (χ0n) is 39.0. The smallest absolute Gasteiger partial charge is 0.480 e. The van der Waals surface area contributed by atoms with Crippen LogP contribution in [0.15, 0.2) is 57.1 Å². The van der Waals surface area contributed by atoms with Crippen molar-refractivity contribution in [2.45, 2.75) is 147 Å². The number of hydrogen-bond donors (Lipinski definition) is 7. The molecule has 24 heteroatoms. The molecule has 1 saturated heterocycles. The molecular weight excluding hydrogens is 920 g/mol. The van der Waals surface area contributed by atoms with E-state index in [-0.39, 0.29) is 48.6 Å². The number of carboxylic acid groups (broad SMARTS) is 1. The molecule has 2 amide bonds. The molecule has 4 aromatic rings. The molecule has 2 unspecified atom stereocenters. The minimum Gasteiger partial charge on any atom is -0.480 e. The quantitative estimate of drug-likeness (QED) is 0.0206. The van der Waals surface area contributed by atoms with Gasteiger partial charge in [0.1, 0.15) is 24.9 Å². The molecule has 1 aliphatic rings. The first-order chi connectivity index (χ1) is 33.3. The van der Waals surface area contributed by atoms with E-state index in [0.29, 0.717) is 17.8 Å². The van der Waals surface area contributed by atoms with Crippen molar-refractivity contribution in [1.29, 1.82) is 0 Å². The van der Waals surface area contributed by atoms with Gasteiger partial charge in [-0.25, -0.2) is 24.6 Å². The number of H-pyrrole nitrogens is 2. The van der Waals surface area contributed by atoms with Crippen molar-refractivity contribution >= 4 is 48.8 Å². The summed E-state index contributed by atoms with van der Waals surface area (Å²) < 4.78 is 29.8. The number of nitrogens with two attached hydrogens (primary N) is 1. The van der Waals surface area contributed by atoms with Crippen LogP contribution in [0.2, 0.25) is 0 Å². The number of nitrogen functional groups attached to an aromatic ring is 1. The summed E-state index contributed by atoms with van der Waals surface area (Å²) in [6.07, 6.45) is 12.9. The van der Waals surface area contributed by atoms with Crippen LogP contribution in [0, 0.1) is 0 Å². The van der Waals surface area contributed by atoms with Crippen LogP contribution >= 0.6 is 8.25 Å². The molecule has 3 aromatic heterocycles. The molecule has 4 heterocycles. The molecule has 5 rings (SSSR count). The molecule has 1 fully saturated rings. The fraction of sp³-hybridized carbons (Fsp3) is 0.578. The van der Waals surface area contributed by atoms with Gasteiger partial charge in [-0.2, -0.15) is 4.98 Å². The Kier molecular flexibility index (Phi) is 21.8. The number of nitrogens with one attached hydrogen (secondary N) is 4. The predicted molar refractivity (Wildman–Crippen MR) is 253 cm³/mol. The highest BCUT2D eigenvalue weighted by atomic mass is 31.1. The van der Waals surface area contributed by atoms with Gasteiger partial charge in [0, 0.05) is 48.2 Å². The Labute approximate surface area is 398 Å². The maximum Gasteiger partial charge on any atom is 0.695 e. The first-order valence-electron chi connectivity index (χ1n) is 23.4. The summed E-state index contributed by atoms with van der Waals surface area (Å²) >= 11 is 0. The number of unbranched alkanes of at least 4 members (excludes halogenated alkanes) is 13. The fourth-order valence-electron chi connectivity index (χ4n) is 7.93. The monoisotopic (exact) mass is 983 g/mol. The van der Waals surface area contributed by atoms with E-state index in [0.717, 1.165) is 47.8 Å². The minimum atomic E-state index is -3.20. The van der Waals surface area contributed by atoms with Crippen LogP contribution in [0.3, 0.4) is 0 Å². The Hall–Kier alpha value is -5.97. The van der Waals surface area contributed by atoms with Crippen molar-refractivity contribution in [1.82, 2.24) is 39.9 Å². The number of anilines is 2. The van der Waals surface area contributed by atoms with Gasteiger partial charge < -0.3 is 30.9 Å². The second kappa shape index (κ2) is 27.9. The molecule has 0 radical (unpaired) electrons. The number of rotatable bonds is 31. The van der Waals surface area contributed by atoms with Crippen molar-refractivity contribution in [3.8, 4) is 0 Å². The van der Waals surface area contributed by atoms with Crippen LogP contribution < -0.4 is 33.2 Å². The van der Waals surface area contributed by atoms with Crippen LogP contribution in [0.5, 0.6) is 0 Å². The van der Waals surface area contributed by atoms with Gasteiger partial charge in [-0.15, -0.1) is 9.42 Å². The standard InChI is InChI=1S/C45H63N10O13P/c1-3-4-5-6-7-8-9-10-11-12-13-14-15-16-24-55(66-28-33-37(68-69(63)64)38(65-2)42(67-33)54-25-23-34(56)51-45(54)62)35(57)22-21-32(43(60)61)50-40(58)29-17-19-30(20-18-29)47-26-31-27-48-39-36(49-31)41(59)53-44(46)52-39/h17-20,23,25,27,32-33,37-38,42H,3-16,21-22,24,26,28H2,1-2H3,(H7-,46,47,48,50,51,52,53,56,58,59,60,61,62,63,64)/p+1/t32-,33+,37?,38-,42+/m0/s1. The molecular formula is C45H64N10O13P+. The molecule has 0 bridgehead atoms. The van der Waals surface area contributed by atoms with Gasteiger partial charge in [0.2, 0.25) is 11.9 Å². The Balaban J connectivity index is 1.17. The molecule has 376 valence electrons. The number of nitrogens with zero attached hydrogens (tertiary/aromatic N) is 5. The van der Waals surface area contributed by atoms with Gasteiger partial charge in [-0.05, 0) is 37.1 Å². The maximum absolute atomic E-state index is 13.8. The summed E-state index contributed by atoms with van der Waals surface area (Å²) in [6, 6.07) is 5.80. The maximum atomic E-state index is 13.8. The van der Waals surface area contributed by atoms with Crippen molar-refractivity contribution in [2.24, 2.45) is 0 Å². The van der Waals surface area contributed by atoms with Crippen LogP contribution in [-0.2, 0) is 39.5 Å². The zero-order chi connectivity index (χ0) is 49.7. The lowest BCUT2D eigenvalue weighted by molar-refractivity contribution is -0.202. The lowest BCUT2D eigenvalue weighted by Crippen LogP contribution is -2.43. The third kappa shape index (κ3) is 16.9.